The lowest BCUT2D eigenvalue weighted by atomic mass is 9.84. The fourth-order valence-corrected chi connectivity index (χ4v) is 4.33. The third-order valence-electron chi connectivity index (χ3n) is 4.65. The molecule has 2 rings (SSSR count). The Morgan fingerprint density at radius 1 is 0.720 bits per heavy atom. The molecule has 25 heavy (non-hydrogen) atoms. The molecule has 0 N–H and O–H groups in total. The number of benzene rings is 2. The van der Waals surface area contributed by atoms with Crippen molar-refractivity contribution in [2.45, 2.75) is 47.5 Å². The zero-order valence-electron chi connectivity index (χ0n) is 16.2. The molecule has 0 heterocycles. The van der Waals surface area contributed by atoms with Gasteiger partial charge in [-0.1, -0.05) is 46.9 Å². The largest absolute Gasteiger partial charge is 0.493 e. The van der Waals surface area contributed by atoms with Crippen molar-refractivity contribution in [2.24, 2.45) is 0 Å². The van der Waals surface area contributed by atoms with E-state index in [2.05, 4.69) is 74.6 Å². The van der Waals surface area contributed by atoms with Gasteiger partial charge in [0.05, 0.1) is 13.2 Å². The third kappa shape index (κ3) is 4.13. The molecule has 0 saturated carbocycles. The number of aryl methyl sites for hydroxylation is 4. The van der Waals surface area contributed by atoms with E-state index >= 15 is 0 Å². The van der Waals surface area contributed by atoms with Gasteiger partial charge in [-0.05, 0) is 63.8 Å². The molecule has 0 spiro atoms. The highest BCUT2D eigenvalue weighted by atomic mass is 127. The van der Waals surface area contributed by atoms with Crippen LogP contribution in [0.5, 0.6) is 11.5 Å². The van der Waals surface area contributed by atoms with Crippen LogP contribution in [-0.4, -0.2) is 17.6 Å². The average molecular weight is 452 g/mol. The van der Waals surface area contributed by atoms with Crippen molar-refractivity contribution >= 4 is 22.6 Å². The van der Waals surface area contributed by atoms with Crippen LogP contribution < -0.4 is 9.47 Å². The van der Waals surface area contributed by atoms with Gasteiger partial charge < -0.3 is 9.47 Å². The zero-order valence-corrected chi connectivity index (χ0v) is 18.4. The fourth-order valence-electron chi connectivity index (χ4n) is 3.45. The summed E-state index contributed by atoms with van der Waals surface area (Å²) in [6.45, 7) is 14.1. The van der Waals surface area contributed by atoms with E-state index in [4.69, 9.17) is 9.47 Å². The molecule has 0 radical (unpaired) electrons. The summed E-state index contributed by atoms with van der Waals surface area (Å²) in [7, 11) is 0. The monoisotopic (exact) mass is 452 g/mol. The highest BCUT2D eigenvalue weighted by Gasteiger charge is 2.26. The van der Waals surface area contributed by atoms with Gasteiger partial charge in [0.15, 0.2) is 0 Å². The molecule has 0 aromatic heterocycles. The van der Waals surface area contributed by atoms with Crippen LogP contribution in [0.1, 0.15) is 53.1 Å². The Morgan fingerprint density at radius 2 is 1.08 bits per heavy atom. The van der Waals surface area contributed by atoms with Crippen molar-refractivity contribution in [3.05, 3.63) is 57.6 Å². The van der Waals surface area contributed by atoms with Gasteiger partial charge in [0, 0.05) is 21.5 Å². The predicted molar refractivity (Wildman–Crippen MR) is 115 cm³/mol. The van der Waals surface area contributed by atoms with Crippen molar-refractivity contribution in [2.75, 3.05) is 17.6 Å². The van der Waals surface area contributed by atoms with Gasteiger partial charge in [-0.3, -0.25) is 0 Å². The van der Waals surface area contributed by atoms with Crippen LogP contribution in [0.4, 0.5) is 0 Å². The van der Waals surface area contributed by atoms with Gasteiger partial charge in [-0.2, -0.15) is 0 Å². The first-order valence-electron chi connectivity index (χ1n) is 8.97. The number of hydrogen-bond donors (Lipinski definition) is 0. The maximum absolute atomic E-state index is 6.08. The maximum atomic E-state index is 6.08. The van der Waals surface area contributed by atoms with Crippen molar-refractivity contribution in [1.29, 1.82) is 0 Å². The first-order chi connectivity index (χ1) is 12.0. The van der Waals surface area contributed by atoms with Crippen LogP contribution in [0.15, 0.2) is 24.3 Å². The Morgan fingerprint density at radius 3 is 1.40 bits per heavy atom. The molecule has 0 aliphatic carbocycles. The van der Waals surface area contributed by atoms with E-state index in [-0.39, 0.29) is 5.92 Å². The van der Waals surface area contributed by atoms with E-state index in [1.807, 2.05) is 13.8 Å². The SMILES string of the molecule is CCOc1c(C)ccc(C)c1C(CI)c1c(C)ccc(C)c1OCC. The minimum Gasteiger partial charge on any atom is -0.493 e. The molecule has 0 atom stereocenters. The summed E-state index contributed by atoms with van der Waals surface area (Å²) in [5.74, 6) is 2.32. The number of rotatable bonds is 7. The second-order valence-corrected chi connectivity index (χ2v) is 7.34. The highest BCUT2D eigenvalue weighted by molar-refractivity contribution is 14.1. The summed E-state index contributed by atoms with van der Waals surface area (Å²) in [4.78, 5) is 0. The van der Waals surface area contributed by atoms with Crippen LogP contribution in [0.3, 0.4) is 0 Å². The standard InChI is InChI=1S/C22H29IO2/c1-7-24-21-16(5)11-9-14(3)19(21)18(13-23)20-15(4)10-12-17(6)22(20)25-8-2/h9-12,18H,7-8,13H2,1-6H3. The summed E-state index contributed by atoms with van der Waals surface area (Å²) in [5.41, 5.74) is 7.54. The molecule has 2 aromatic carbocycles. The molecular formula is C22H29IO2. The quantitative estimate of drug-likeness (QED) is 0.364. The Balaban J connectivity index is 2.75. The third-order valence-corrected chi connectivity index (χ3v) is 5.53. The van der Waals surface area contributed by atoms with Crippen LogP contribution >= 0.6 is 22.6 Å². The summed E-state index contributed by atoms with van der Waals surface area (Å²) in [5, 5.41) is 0. The summed E-state index contributed by atoms with van der Waals surface area (Å²) < 4.78 is 13.1. The van der Waals surface area contributed by atoms with Crippen molar-refractivity contribution in [1.82, 2.24) is 0 Å². The number of ether oxygens (including phenoxy) is 2. The predicted octanol–water partition coefficient (Wildman–Crippen LogP) is 6.28. The molecule has 0 amide bonds. The molecule has 3 heteroatoms. The van der Waals surface area contributed by atoms with Crippen molar-refractivity contribution in [3.63, 3.8) is 0 Å². The Bertz CT molecular complexity index is 676. The molecule has 0 aliphatic rings. The lowest BCUT2D eigenvalue weighted by molar-refractivity contribution is 0.328. The van der Waals surface area contributed by atoms with E-state index in [9.17, 15) is 0 Å². The number of halogens is 1. The molecule has 0 bridgehead atoms. The van der Waals surface area contributed by atoms with E-state index in [0.29, 0.717) is 13.2 Å². The van der Waals surface area contributed by atoms with Gasteiger partial charge >= 0.3 is 0 Å². The van der Waals surface area contributed by atoms with Gasteiger partial charge in [-0.15, -0.1) is 0 Å². The smallest absolute Gasteiger partial charge is 0.126 e. The summed E-state index contributed by atoms with van der Waals surface area (Å²) in [6, 6.07) is 8.72. The number of alkyl halides is 1. The van der Waals surface area contributed by atoms with Crippen molar-refractivity contribution < 1.29 is 9.47 Å². The van der Waals surface area contributed by atoms with Crippen LogP contribution in [0.2, 0.25) is 0 Å². The molecule has 2 nitrogen and oxygen atoms in total. The van der Waals surface area contributed by atoms with Gasteiger partial charge in [0.2, 0.25) is 0 Å². The molecule has 2 aromatic rings. The second kappa shape index (κ2) is 8.93. The molecule has 136 valence electrons. The van der Waals surface area contributed by atoms with Crippen LogP contribution in [0, 0.1) is 27.7 Å². The maximum Gasteiger partial charge on any atom is 0.126 e. The zero-order chi connectivity index (χ0) is 18.6. The Kier molecular flexibility index (Phi) is 7.17. The van der Waals surface area contributed by atoms with Gasteiger partial charge in [-0.25, -0.2) is 0 Å². The second-order valence-electron chi connectivity index (χ2n) is 6.46. The minimum atomic E-state index is 0.253. The molecule has 0 saturated heterocycles. The van der Waals surface area contributed by atoms with E-state index in [0.717, 1.165) is 15.9 Å². The molecule has 0 aliphatic heterocycles. The lowest BCUT2D eigenvalue weighted by Crippen LogP contribution is -2.13. The number of hydrogen-bond acceptors (Lipinski definition) is 2. The normalized spacial score (nSPS) is 11.0. The molecular weight excluding hydrogens is 423 g/mol. The Hall–Kier alpha value is -1.23. The highest BCUT2D eigenvalue weighted by Crippen LogP contribution is 2.43. The van der Waals surface area contributed by atoms with Crippen LogP contribution in [-0.2, 0) is 0 Å². The van der Waals surface area contributed by atoms with Crippen LogP contribution in [0.25, 0.3) is 0 Å². The first-order valence-corrected chi connectivity index (χ1v) is 10.5. The van der Waals surface area contributed by atoms with E-state index < -0.39 is 0 Å². The summed E-state index contributed by atoms with van der Waals surface area (Å²) >= 11 is 2.49. The van der Waals surface area contributed by atoms with Gasteiger partial charge in [0.1, 0.15) is 11.5 Å². The first kappa shape index (κ1) is 20.1. The topological polar surface area (TPSA) is 18.5 Å². The fraction of sp³-hybridized carbons (Fsp3) is 0.455. The molecule has 0 unspecified atom stereocenters. The summed E-state index contributed by atoms with van der Waals surface area (Å²) in [6.07, 6.45) is 0. The van der Waals surface area contributed by atoms with Gasteiger partial charge in [0.25, 0.3) is 0 Å². The lowest BCUT2D eigenvalue weighted by Gasteiger charge is -2.26. The van der Waals surface area contributed by atoms with Crippen molar-refractivity contribution in [3.8, 4) is 11.5 Å². The average Bonchev–Trinajstić information content (AvgIpc) is 2.59. The van der Waals surface area contributed by atoms with E-state index in [1.165, 1.54) is 33.4 Å². The molecule has 0 fully saturated rings. The minimum absolute atomic E-state index is 0.253. The van der Waals surface area contributed by atoms with E-state index in [1.54, 1.807) is 0 Å². The Labute approximate surface area is 166 Å².